The highest BCUT2D eigenvalue weighted by Crippen LogP contribution is 2.31. The molecule has 5 rings (SSSR count). The number of fused-ring (bicyclic) bond motifs is 4. The first kappa shape index (κ1) is 17.9. The molecule has 144 valence electrons. The van der Waals surface area contributed by atoms with Crippen molar-refractivity contribution in [3.63, 3.8) is 0 Å². The van der Waals surface area contributed by atoms with Crippen molar-refractivity contribution >= 4 is 32.6 Å². The summed E-state index contributed by atoms with van der Waals surface area (Å²) in [5.74, 6) is 0.629. The fraction of sp³-hybridized carbons (Fsp3) is 0.222. The average molecular weight is 380 g/mol. The Labute approximate surface area is 172 Å². The van der Waals surface area contributed by atoms with Crippen LogP contribution in [0, 0.1) is 12.8 Å². The molecular weight excluding hydrogens is 352 g/mol. The molecule has 0 bridgehead atoms. The SMILES string of the molecule is Cc1cccc2c[n+](C)c3ccc(-c4ccc5ccn(CC(C)C)c5c4)cc3c12. The summed E-state index contributed by atoms with van der Waals surface area (Å²) in [5.41, 5.74) is 6.45. The van der Waals surface area contributed by atoms with Gasteiger partial charge in [-0.25, -0.2) is 4.57 Å². The van der Waals surface area contributed by atoms with E-state index in [1.807, 2.05) is 0 Å². The van der Waals surface area contributed by atoms with Crippen molar-refractivity contribution in [3.05, 3.63) is 78.6 Å². The minimum Gasteiger partial charge on any atom is -0.347 e. The number of rotatable bonds is 3. The zero-order valence-corrected chi connectivity index (χ0v) is 17.6. The quantitative estimate of drug-likeness (QED) is 0.253. The number of hydrogen-bond acceptors (Lipinski definition) is 0. The Morgan fingerprint density at radius 2 is 1.69 bits per heavy atom. The maximum absolute atomic E-state index is 2.38. The first-order valence-electron chi connectivity index (χ1n) is 10.4. The van der Waals surface area contributed by atoms with E-state index >= 15 is 0 Å². The molecule has 0 aliphatic heterocycles. The third-order valence-corrected chi connectivity index (χ3v) is 5.95. The predicted octanol–water partition coefficient (Wildman–Crippen LogP) is 6.40. The Balaban J connectivity index is 1.74. The van der Waals surface area contributed by atoms with Crippen LogP contribution in [0.4, 0.5) is 0 Å². The summed E-state index contributed by atoms with van der Waals surface area (Å²) in [4.78, 5) is 0. The van der Waals surface area contributed by atoms with E-state index < -0.39 is 0 Å². The number of aromatic nitrogens is 2. The summed E-state index contributed by atoms with van der Waals surface area (Å²) in [5, 5.41) is 5.27. The first-order chi connectivity index (χ1) is 14.0. The van der Waals surface area contributed by atoms with Gasteiger partial charge in [0, 0.05) is 35.1 Å². The van der Waals surface area contributed by atoms with Crippen LogP contribution in [0.25, 0.3) is 43.7 Å². The molecule has 0 radical (unpaired) electrons. The number of nitrogens with zero attached hydrogens (tertiary/aromatic N) is 2. The number of aryl methyl sites for hydroxylation is 2. The highest BCUT2D eigenvalue weighted by atomic mass is 15.0. The van der Waals surface area contributed by atoms with E-state index in [0.29, 0.717) is 5.92 Å². The number of benzene rings is 3. The molecule has 5 aromatic rings. The van der Waals surface area contributed by atoms with Gasteiger partial charge in [-0.15, -0.1) is 0 Å². The summed E-state index contributed by atoms with van der Waals surface area (Å²) >= 11 is 0. The van der Waals surface area contributed by atoms with Crippen LogP contribution in [-0.4, -0.2) is 4.57 Å². The highest BCUT2D eigenvalue weighted by Gasteiger charge is 2.14. The lowest BCUT2D eigenvalue weighted by Gasteiger charge is -2.11. The van der Waals surface area contributed by atoms with Crippen molar-refractivity contribution in [2.75, 3.05) is 0 Å². The van der Waals surface area contributed by atoms with Gasteiger partial charge in [0.25, 0.3) is 0 Å². The van der Waals surface area contributed by atoms with E-state index in [1.165, 1.54) is 49.3 Å². The van der Waals surface area contributed by atoms with Crippen molar-refractivity contribution in [1.82, 2.24) is 4.57 Å². The van der Waals surface area contributed by atoms with Crippen molar-refractivity contribution in [2.24, 2.45) is 13.0 Å². The molecule has 0 atom stereocenters. The Bertz CT molecular complexity index is 1370. The summed E-state index contributed by atoms with van der Waals surface area (Å²) in [7, 11) is 2.13. The molecule has 0 aliphatic carbocycles. The van der Waals surface area contributed by atoms with Crippen LogP contribution in [0.15, 0.2) is 73.1 Å². The van der Waals surface area contributed by atoms with Gasteiger partial charge in [-0.2, -0.15) is 0 Å². The third kappa shape index (κ3) is 3.00. The molecule has 2 heterocycles. The lowest BCUT2D eigenvalue weighted by atomic mass is 9.97. The molecular formula is C27H27N2+. The molecule has 0 saturated carbocycles. The van der Waals surface area contributed by atoms with E-state index in [2.05, 4.69) is 110 Å². The van der Waals surface area contributed by atoms with Gasteiger partial charge in [-0.05, 0) is 65.3 Å². The predicted molar refractivity (Wildman–Crippen MR) is 123 cm³/mol. The van der Waals surface area contributed by atoms with Crippen LogP contribution in [-0.2, 0) is 13.6 Å². The normalized spacial score (nSPS) is 11.9. The van der Waals surface area contributed by atoms with Gasteiger partial charge in [0.2, 0.25) is 5.52 Å². The van der Waals surface area contributed by atoms with Gasteiger partial charge in [-0.1, -0.05) is 38.1 Å². The number of hydrogen-bond donors (Lipinski definition) is 0. The largest absolute Gasteiger partial charge is 0.347 e. The smallest absolute Gasteiger partial charge is 0.212 e. The lowest BCUT2D eigenvalue weighted by Crippen LogP contribution is -2.28. The fourth-order valence-electron chi connectivity index (χ4n) is 4.58. The van der Waals surface area contributed by atoms with Gasteiger partial charge in [-0.3, -0.25) is 0 Å². The molecule has 0 N–H and O–H groups in total. The van der Waals surface area contributed by atoms with E-state index in [4.69, 9.17) is 0 Å². The molecule has 2 aromatic heterocycles. The Kier molecular flexibility index (Phi) is 4.16. The fourth-order valence-corrected chi connectivity index (χ4v) is 4.58. The molecule has 0 unspecified atom stereocenters. The zero-order chi connectivity index (χ0) is 20.1. The topological polar surface area (TPSA) is 8.81 Å². The second kappa shape index (κ2) is 6.73. The van der Waals surface area contributed by atoms with Crippen LogP contribution in [0.5, 0.6) is 0 Å². The van der Waals surface area contributed by atoms with E-state index in [0.717, 1.165) is 6.54 Å². The monoisotopic (exact) mass is 379 g/mol. The molecule has 2 nitrogen and oxygen atoms in total. The molecule has 2 heteroatoms. The Hall–Kier alpha value is -3.13. The summed E-state index contributed by atoms with van der Waals surface area (Å²) in [6, 6.07) is 22.5. The third-order valence-electron chi connectivity index (χ3n) is 5.95. The number of pyridine rings is 1. The van der Waals surface area contributed by atoms with E-state index in [1.54, 1.807) is 0 Å². The first-order valence-corrected chi connectivity index (χ1v) is 10.4. The highest BCUT2D eigenvalue weighted by molar-refractivity contribution is 6.07. The van der Waals surface area contributed by atoms with Crippen molar-refractivity contribution in [3.8, 4) is 11.1 Å². The maximum Gasteiger partial charge on any atom is 0.212 e. The average Bonchev–Trinajstić information content (AvgIpc) is 3.09. The molecule has 0 spiro atoms. The summed E-state index contributed by atoms with van der Waals surface area (Å²) < 4.78 is 4.61. The van der Waals surface area contributed by atoms with Crippen molar-refractivity contribution in [1.29, 1.82) is 0 Å². The molecule has 0 amide bonds. The summed E-state index contributed by atoms with van der Waals surface area (Å²) in [6.07, 6.45) is 4.45. The van der Waals surface area contributed by atoms with Crippen LogP contribution in [0.2, 0.25) is 0 Å². The Morgan fingerprint density at radius 1 is 0.897 bits per heavy atom. The molecule has 0 saturated heterocycles. The molecule has 3 aromatic carbocycles. The van der Waals surface area contributed by atoms with Gasteiger partial charge in [0.15, 0.2) is 6.20 Å². The van der Waals surface area contributed by atoms with Gasteiger partial charge in [0.05, 0.1) is 5.39 Å². The van der Waals surface area contributed by atoms with Crippen molar-refractivity contribution in [2.45, 2.75) is 27.3 Å². The minimum absolute atomic E-state index is 0.629. The molecule has 0 aliphatic rings. The minimum atomic E-state index is 0.629. The second-order valence-corrected chi connectivity index (χ2v) is 8.65. The second-order valence-electron chi connectivity index (χ2n) is 8.65. The van der Waals surface area contributed by atoms with E-state index in [9.17, 15) is 0 Å². The van der Waals surface area contributed by atoms with Gasteiger partial charge in [0.1, 0.15) is 7.05 Å². The maximum atomic E-state index is 2.38. The van der Waals surface area contributed by atoms with Gasteiger partial charge >= 0.3 is 0 Å². The van der Waals surface area contributed by atoms with Crippen LogP contribution in [0.3, 0.4) is 0 Å². The molecule has 0 fully saturated rings. The standard InChI is InChI=1S/C27H27N2/c1-18(2)16-29-13-12-20-8-9-22(15-26(20)29)21-10-11-25-24(14-21)27-19(3)6-5-7-23(27)17-28(25)4/h5-15,17-18H,16H2,1-4H3/q+1. The van der Waals surface area contributed by atoms with E-state index in [-0.39, 0.29) is 0 Å². The Morgan fingerprint density at radius 3 is 2.52 bits per heavy atom. The van der Waals surface area contributed by atoms with Crippen LogP contribution >= 0.6 is 0 Å². The van der Waals surface area contributed by atoms with Gasteiger partial charge < -0.3 is 4.57 Å². The van der Waals surface area contributed by atoms with Crippen LogP contribution in [0.1, 0.15) is 19.4 Å². The molecule has 29 heavy (non-hydrogen) atoms. The van der Waals surface area contributed by atoms with Crippen molar-refractivity contribution < 1.29 is 4.57 Å². The summed E-state index contributed by atoms with van der Waals surface area (Å²) in [6.45, 7) is 7.79. The lowest BCUT2D eigenvalue weighted by molar-refractivity contribution is -0.643. The van der Waals surface area contributed by atoms with Crippen LogP contribution < -0.4 is 4.57 Å². The zero-order valence-electron chi connectivity index (χ0n) is 17.6.